The Balaban J connectivity index is 1.01. The van der Waals surface area contributed by atoms with Crippen LogP contribution in [-0.2, 0) is 39.4 Å². The molecule has 0 unspecified atom stereocenters. The van der Waals surface area contributed by atoms with Gasteiger partial charge in [-0.05, 0) is 84.1 Å². The summed E-state index contributed by atoms with van der Waals surface area (Å²) in [5.41, 5.74) is 4.12. The van der Waals surface area contributed by atoms with Gasteiger partial charge in [0.15, 0.2) is 5.60 Å². The topological polar surface area (TPSA) is 90.4 Å². The highest BCUT2D eigenvalue weighted by molar-refractivity contribution is 6.72. The van der Waals surface area contributed by atoms with Gasteiger partial charge in [0.05, 0.1) is 48.7 Å². The largest absolute Gasteiger partial charge is 0.394 e. The van der Waals surface area contributed by atoms with Gasteiger partial charge in [0.1, 0.15) is 0 Å². The van der Waals surface area contributed by atoms with Crippen molar-refractivity contribution >= 4 is 65.6 Å². The maximum atomic E-state index is 16.6. The Hall–Kier alpha value is -4.87. The highest BCUT2D eigenvalue weighted by Crippen LogP contribution is 2.60. The molecule has 1 fully saturated rings. The van der Waals surface area contributed by atoms with Crippen LogP contribution in [0.5, 0.6) is 0 Å². The summed E-state index contributed by atoms with van der Waals surface area (Å²) in [5.74, 6) is -1.25. The number of aliphatic hydroxyl groups is 1. The van der Waals surface area contributed by atoms with Crippen molar-refractivity contribution in [3.05, 3.63) is 136 Å². The predicted octanol–water partition coefficient (Wildman–Crippen LogP) is 8.44. The van der Waals surface area contributed by atoms with Gasteiger partial charge < -0.3 is 23.8 Å². The summed E-state index contributed by atoms with van der Waals surface area (Å²) in [6.45, 7) is 5.44. The van der Waals surface area contributed by atoms with Crippen molar-refractivity contribution < 1.29 is 28.3 Å². The molecule has 4 aliphatic rings. The van der Waals surface area contributed by atoms with E-state index in [9.17, 15) is 19.5 Å². The number of carbonyl (C=O) groups is 3. The fourth-order valence-corrected chi connectivity index (χ4v) is 12.5. The van der Waals surface area contributed by atoms with Gasteiger partial charge in [0.25, 0.3) is 11.8 Å². The molecule has 3 amide bonds. The molecule has 0 bridgehead atoms. The van der Waals surface area contributed by atoms with Gasteiger partial charge in [0, 0.05) is 39.7 Å². The molecule has 55 heavy (non-hydrogen) atoms. The predicted molar refractivity (Wildman–Crippen MR) is 214 cm³/mol. The average molecular weight is 774 g/mol. The molecule has 11 heteroatoms. The Bertz CT molecular complexity index is 2400. The number of rotatable bonds is 7. The summed E-state index contributed by atoms with van der Waals surface area (Å²) in [6, 6.07) is 32.0. The van der Waals surface area contributed by atoms with Crippen LogP contribution in [0.25, 0.3) is 10.8 Å². The van der Waals surface area contributed by atoms with E-state index in [1.807, 2.05) is 91.9 Å². The molecule has 0 aliphatic carbocycles. The zero-order valence-electron chi connectivity index (χ0n) is 30.8. The van der Waals surface area contributed by atoms with Crippen molar-refractivity contribution in [3.63, 3.8) is 0 Å². The van der Waals surface area contributed by atoms with Crippen LogP contribution < -0.4 is 9.80 Å². The molecule has 0 aromatic heterocycles. The van der Waals surface area contributed by atoms with Crippen molar-refractivity contribution in [1.82, 2.24) is 4.90 Å². The van der Waals surface area contributed by atoms with E-state index >= 15 is 4.11 Å². The summed E-state index contributed by atoms with van der Waals surface area (Å²) in [7, 11) is -3.55. The van der Waals surface area contributed by atoms with E-state index in [4.69, 9.17) is 16.3 Å². The van der Waals surface area contributed by atoms with E-state index in [1.165, 1.54) is 0 Å². The summed E-state index contributed by atoms with van der Waals surface area (Å²) in [6.07, 6.45) is -0.463. The first-order valence-corrected chi connectivity index (χ1v) is 22.1. The van der Waals surface area contributed by atoms with Crippen LogP contribution in [0.2, 0.25) is 23.7 Å². The monoisotopic (exact) mass is 773 g/mol. The van der Waals surface area contributed by atoms with Crippen LogP contribution in [-0.4, -0.2) is 54.9 Å². The second-order valence-corrected chi connectivity index (χ2v) is 20.1. The molecule has 4 aliphatic heterocycles. The molecular weight excluding hydrogens is 733 g/mol. The fraction of sp³-hybridized carbons (Fsp3) is 0.295. The molecule has 0 radical (unpaired) electrons. The van der Waals surface area contributed by atoms with E-state index < -0.39 is 37.6 Å². The highest BCUT2D eigenvalue weighted by atomic mass is 35.5. The number of amides is 3. The zero-order valence-corrected chi connectivity index (χ0v) is 32.6. The summed E-state index contributed by atoms with van der Waals surface area (Å²) < 4.78 is 23.4. The van der Waals surface area contributed by atoms with Crippen LogP contribution >= 0.6 is 11.6 Å². The maximum Gasteiger partial charge on any atom is 0.264 e. The number of carbonyl (C=O) groups excluding carboxylic acids is 3. The normalized spacial score (nSPS) is 24.3. The maximum absolute atomic E-state index is 16.6. The van der Waals surface area contributed by atoms with Gasteiger partial charge in [-0.3, -0.25) is 19.3 Å². The van der Waals surface area contributed by atoms with Crippen LogP contribution in [0.3, 0.4) is 0 Å². The van der Waals surface area contributed by atoms with E-state index in [0.717, 1.165) is 33.2 Å². The van der Waals surface area contributed by atoms with E-state index in [0.29, 0.717) is 40.5 Å². The SMILES string of the molecule is C[C@H]1[C@H]([Si](C)(C)F)[C@@H](CC(=O)N2Cc3ccccc3C[C@H]2CO)O[C@]12C(=O)N(Cc1ccc(N3C(=O)c4cccc5cccc3c45)cc1)c1ccc(Cl)cc12. The van der Waals surface area contributed by atoms with Crippen LogP contribution in [0.4, 0.5) is 21.2 Å². The van der Waals surface area contributed by atoms with Gasteiger partial charge in [-0.1, -0.05) is 79.2 Å². The minimum atomic E-state index is -3.55. The Kier molecular flexibility index (Phi) is 8.54. The third kappa shape index (κ3) is 5.56. The molecule has 5 aromatic rings. The molecule has 1 spiro atoms. The van der Waals surface area contributed by atoms with Crippen molar-refractivity contribution in [2.75, 3.05) is 16.4 Å². The Morgan fingerprint density at radius 3 is 2.40 bits per heavy atom. The first kappa shape index (κ1) is 35.8. The lowest BCUT2D eigenvalue weighted by Crippen LogP contribution is -2.48. The minimum absolute atomic E-state index is 0.0895. The average Bonchev–Trinajstić information content (AvgIpc) is 3.72. The van der Waals surface area contributed by atoms with E-state index in [-0.39, 0.29) is 37.3 Å². The highest BCUT2D eigenvalue weighted by Gasteiger charge is 2.67. The second kappa shape index (κ2) is 13.1. The van der Waals surface area contributed by atoms with E-state index in [1.54, 1.807) is 46.0 Å². The van der Waals surface area contributed by atoms with Crippen molar-refractivity contribution in [2.45, 2.75) is 69.2 Å². The molecule has 5 aromatic carbocycles. The Morgan fingerprint density at radius 2 is 1.67 bits per heavy atom. The molecule has 8 nitrogen and oxygen atoms in total. The lowest BCUT2D eigenvalue weighted by atomic mass is 9.82. The number of benzene rings is 5. The van der Waals surface area contributed by atoms with Gasteiger partial charge in [-0.15, -0.1) is 0 Å². The lowest BCUT2D eigenvalue weighted by molar-refractivity contribution is -0.151. The molecule has 0 saturated carbocycles. The minimum Gasteiger partial charge on any atom is -0.394 e. The molecule has 280 valence electrons. The fourth-order valence-electron chi connectivity index (χ4n) is 9.81. The first-order valence-electron chi connectivity index (χ1n) is 18.8. The number of hydrogen-bond acceptors (Lipinski definition) is 5. The number of halogens is 2. The van der Waals surface area contributed by atoms with Gasteiger partial charge in [-0.25, -0.2) is 0 Å². The van der Waals surface area contributed by atoms with Gasteiger partial charge >= 0.3 is 0 Å². The number of anilines is 3. The molecular formula is C44H41ClFN3O5Si. The summed E-state index contributed by atoms with van der Waals surface area (Å²) in [5, 5.41) is 12.7. The van der Waals surface area contributed by atoms with Gasteiger partial charge in [0.2, 0.25) is 14.3 Å². The molecule has 1 saturated heterocycles. The van der Waals surface area contributed by atoms with Crippen LogP contribution in [0.15, 0.2) is 103 Å². The van der Waals surface area contributed by atoms with Crippen molar-refractivity contribution in [1.29, 1.82) is 0 Å². The summed E-state index contributed by atoms with van der Waals surface area (Å²) in [4.78, 5) is 47.8. The third-order valence-corrected chi connectivity index (χ3v) is 15.0. The Labute approximate surface area is 325 Å². The lowest BCUT2D eigenvalue weighted by Gasteiger charge is -2.37. The number of aliphatic hydroxyl groups excluding tert-OH is 1. The number of fused-ring (bicyclic) bond motifs is 3. The van der Waals surface area contributed by atoms with E-state index in [2.05, 4.69) is 0 Å². The second-order valence-electron chi connectivity index (χ2n) is 15.8. The molecule has 4 heterocycles. The number of ether oxygens (including phenoxy) is 1. The standard InChI is InChI=1S/C44H41ClFN3O5Si/c1-26-41(55(2,3)46)38(22-39(51)47-24-30-9-5-4-8-29(30)20-33(47)25-50)54-44(26)35-21-31(45)16-19-36(35)48(43(44)53)23-27-14-17-32(18-15-27)49-37-13-7-11-28-10-6-12-34(40(28)37)42(49)52/h4-19,21,26,33,38,41,50H,20,22-25H2,1-3H3/t26-,33-,38+,41-,44+/m0/s1. The summed E-state index contributed by atoms with van der Waals surface area (Å²) >= 11 is 6.60. The quantitative estimate of drug-likeness (QED) is 0.133. The zero-order chi connectivity index (χ0) is 38.4. The smallest absolute Gasteiger partial charge is 0.264 e. The molecule has 5 atom stereocenters. The first-order chi connectivity index (χ1) is 26.4. The van der Waals surface area contributed by atoms with Crippen LogP contribution in [0.1, 0.15) is 46.0 Å². The molecule has 1 N–H and O–H groups in total. The Morgan fingerprint density at radius 1 is 0.945 bits per heavy atom. The number of hydrogen-bond donors (Lipinski definition) is 1. The van der Waals surface area contributed by atoms with Crippen molar-refractivity contribution in [3.8, 4) is 0 Å². The molecule has 9 rings (SSSR count). The van der Waals surface area contributed by atoms with Crippen molar-refractivity contribution in [2.24, 2.45) is 5.92 Å². The number of nitrogens with zero attached hydrogens (tertiary/aromatic N) is 3. The van der Waals surface area contributed by atoms with Gasteiger partial charge in [-0.2, -0.15) is 0 Å². The third-order valence-electron chi connectivity index (χ3n) is 12.3. The van der Waals surface area contributed by atoms with Crippen LogP contribution in [0, 0.1) is 5.92 Å².